The van der Waals surface area contributed by atoms with Gasteiger partial charge in [-0.25, -0.2) is 0 Å². The summed E-state index contributed by atoms with van der Waals surface area (Å²) in [5, 5.41) is 8.64. The third kappa shape index (κ3) is 2.37. The minimum absolute atomic E-state index is 0.184. The molecule has 0 amide bonds. The van der Waals surface area contributed by atoms with E-state index in [1.807, 2.05) is 11.8 Å². The molecule has 2 heterocycles. The number of anilines is 1. The lowest BCUT2D eigenvalue weighted by atomic mass is 9.97. The Kier molecular flexibility index (Phi) is 3.36. The van der Waals surface area contributed by atoms with Crippen molar-refractivity contribution in [2.45, 2.75) is 32.2 Å². The fourth-order valence-corrected chi connectivity index (χ4v) is 3.53. The van der Waals surface area contributed by atoms with Crippen molar-refractivity contribution in [2.24, 2.45) is 4.99 Å². The smallest absolute Gasteiger partial charge is 0.161 e. The first-order valence-corrected chi connectivity index (χ1v) is 7.23. The molecule has 0 unspecified atom stereocenters. The van der Waals surface area contributed by atoms with E-state index < -0.39 is 0 Å². The number of hydrogen-bond acceptors (Lipinski definition) is 4. The molecule has 0 aliphatic carbocycles. The molecular weight excluding hydrogens is 224 g/mol. The molecule has 0 radical (unpaired) electrons. The summed E-state index contributed by atoms with van der Waals surface area (Å²) in [6.07, 6.45) is 2.26. The third-order valence-electron chi connectivity index (χ3n) is 2.90. The van der Waals surface area contributed by atoms with Gasteiger partial charge in [-0.3, -0.25) is 4.99 Å². The van der Waals surface area contributed by atoms with Crippen LogP contribution in [-0.4, -0.2) is 16.5 Å². The van der Waals surface area contributed by atoms with Gasteiger partial charge >= 0.3 is 0 Å². The zero-order valence-electron chi connectivity index (χ0n) is 9.12. The largest absolute Gasteiger partial charge is 0.334 e. The minimum Gasteiger partial charge on any atom is -0.334 e. The van der Waals surface area contributed by atoms with E-state index in [-0.39, 0.29) is 5.54 Å². The minimum atomic E-state index is 0.184. The normalized spacial score (nSPS) is 18.9. The van der Waals surface area contributed by atoms with E-state index in [0.717, 1.165) is 29.4 Å². The highest BCUT2D eigenvalue weighted by Gasteiger charge is 2.31. The predicted octanol–water partition coefficient (Wildman–Crippen LogP) is 3.82. The van der Waals surface area contributed by atoms with Crippen LogP contribution in [0.4, 0.5) is 5.69 Å². The number of rotatable bonds is 3. The van der Waals surface area contributed by atoms with Gasteiger partial charge in [0, 0.05) is 11.1 Å². The summed E-state index contributed by atoms with van der Waals surface area (Å²) in [7, 11) is 0. The van der Waals surface area contributed by atoms with Crippen molar-refractivity contribution >= 4 is 34.0 Å². The Morgan fingerprint density at radius 2 is 2.27 bits per heavy atom. The SMILES string of the molecule is CCC1(CC)CSC(Nc2ccsc2)=N1. The molecule has 1 aliphatic heterocycles. The maximum absolute atomic E-state index is 4.80. The molecule has 0 spiro atoms. The van der Waals surface area contributed by atoms with Gasteiger partial charge in [0.05, 0.1) is 11.2 Å². The number of nitrogens with zero attached hydrogens (tertiary/aromatic N) is 1. The highest BCUT2D eigenvalue weighted by molar-refractivity contribution is 8.14. The van der Waals surface area contributed by atoms with Crippen LogP contribution in [0, 0.1) is 0 Å². The lowest BCUT2D eigenvalue weighted by Crippen LogP contribution is -2.24. The fraction of sp³-hybridized carbons (Fsp3) is 0.545. The second-order valence-corrected chi connectivity index (χ2v) is 5.52. The van der Waals surface area contributed by atoms with Crippen molar-refractivity contribution in [1.82, 2.24) is 0 Å². The van der Waals surface area contributed by atoms with Crippen molar-refractivity contribution < 1.29 is 0 Å². The first kappa shape index (κ1) is 11.0. The molecule has 1 aromatic rings. The Labute approximate surface area is 99.2 Å². The molecule has 0 atom stereocenters. The summed E-state index contributed by atoms with van der Waals surface area (Å²) < 4.78 is 0. The first-order chi connectivity index (χ1) is 7.28. The maximum atomic E-state index is 4.80. The first-order valence-electron chi connectivity index (χ1n) is 5.30. The van der Waals surface area contributed by atoms with E-state index in [4.69, 9.17) is 4.99 Å². The molecule has 1 N–H and O–H groups in total. The molecule has 0 saturated carbocycles. The van der Waals surface area contributed by atoms with Crippen molar-refractivity contribution in [3.05, 3.63) is 16.8 Å². The topological polar surface area (TPSA) is 24.4 Å². The number of thioether (sulfide) groups is 1. The summed E-state index contributed by atoms with van der Waals surface area (Å²) in [4.78, 5) is 4.80. The van der Waals surface area contributed by atoms with Gasteiger partial charge in [0.25, 0.3) is 0 Å². The van der Waals surface area contributed by atoms with Crippen LogP contribution in [-0.2, 0) is 0 Å². The Morgan fingerprint density at radius 3 is 2.80 bits per heavy atom. The van der Waals surface area contributed by atoms with E-state index in [9.17, 15) is 0 Å². The van der Waals surface area contributed by atoms with E-state index in [0.29, 0.717) is 0 Å². The lowest BCUT2D eigenvalue weighted by Gasteiger charge is -2.20. The van der Waals surface area contributed by atoms with Crippen LogP contribution < -0.4 is 5.32 Å². The van der Waals surface area contributed by atoms with E-state index >= 15 is 0 Å². The Balaban J connectivity index is 2.06. The number of hydrogen-bond donors (Lipinski definition) is 1. The zero-order valence-corrected chi connectivity index (χ0v) is 10.8. The van der Waals surface area contributed by atoms with Crippen molar-refractivity contribution in [2.75, 3.05) is 11.1 Å². The standard InChI is InChI=1S/C11H16N2S2/c1-3-11(4-2)8-15-10(13-11)12-9-5-6-14-7-9/h5-7H,3-4,8H2,1-2H3,(H,12,13). The van der Waals surface area contributed by atoms with Gasteiger partial charge in [0.1, 0.15) is 0 Å². The third-order valence-corrected chi connectivity index (χ3v) is 4.74. The summed E-state index contributed by atoms with van der Waals surface area (Å²) in [5.74, 6) is 1.12. The van der Waals surface area contributed by atoms with Gasteiger partial charge < -0.3 is 5.32 Å². The van der Waals surface area contributed by atoms with Crippen molar-refractivity contribution in [3.63, 3.8) is 0 Å². The molecule has 0 aromatic carbocycles. The Morgan fingerprint density at radius 1 is 1.47 bits per heavy atom. The lowest BCUT2D eigenvalue weighted by molar-refractivity contribution is 0.456. The molecule has 1 aliphatic rings. The average Bonchev–Trinajstić information content (AvgIpc) is 2.89. The monoisotopic (exact) mass is 240 g/mol. The molecule has 0 bridgehead atoms. The van der Waals surface area contributed by atoms with Crippen LogP contribution in [0.5, 0.6) is 0 Å². The number of nitrogens with one attached hydrogen (secondary N) is 1. The molecule has 0 fully saturated rings. The highest BCUT2D eigenvalue weighted by atomic mass is 32.2. The quantitative estimate of drug-likeness (QED) is 0.868. The van der Waals surface area contributed by atoms with Crippen LogP contribution in [0.2, 0.25) is 0 Å². The summed E-state index contributed by atoms with van der Waals surface area (Å²) in [6, 6.07) is 2.09. The number of aliphatic imine (C=N–C) groups is 1. The van der Waals surface area contributed by atoms with Gasteiger partial charge in [0.2, 0.25) is 0 Å². The van der Waals surface area contributed by atoms with Crippen LogP contribution in [0.25, 0.3) is 0 Å². The number of thiophene rings is 1. The van der Waals surface area contributed by atoms with Gasteiger partial charge in [0.15, 0.2) is 5.17 Å². The van der Waals surface area contributed by atoms with E-state index in [1.165, 1.54) is 0 Å². The van der Waals surface area contributed by atoms with E-state index in [1.54, 1.807) is 11.3 Å². The van der Waals surface area contributed by atoms with Crippen molar-refractivity contribution in [1.29, 1.82) is 0 Å². The van der Waals surface area contributed by atoms with Gasteiger partial charge in [-0.05, 0) is 24.3 Å². The van der Waals surface area contributed by atoms with Crippen LogP contribution in [0.3, 0.4) is 0 Å². The zero-order chi connectivity index (χ0) is 10.7. The molecule has 0 saturated heterocycles. The molecule has 15 heavy (non-hydrogen) atoms. The molecule has 2 rings (SSSR count). The Bertz CT molecular complexity index is 339. The molecule has 1 aromatic heterocycles. The van der Waals surface area contributed by atoms with Gasteiger partial charge in [-0.2, -0.15) is 11.3 Å². The summed E-state index contributed by atoms with van der Waals surface area (Å²) in [6.45, 7) is 4.45. The second-order valence-electron chi connectivity index (χ2n) is 3.77. The fourth-order valence-electron chi connectivity index (χ4n) is 1.62. The van der Waals surface area contributed by atoms with E-state index in [2.05, 4.69) is 36.0 Å². The molecule has 4 heteroatoms. The van der Waals surface area contributed by atoms with Crippen LogP contribution in [0.1, 0.15) is 26.7 Å². The number of amidine groups is 1. The Hall–Kier alpha value is -0.480. The van der Waals surface area contributed by atoms with Crippen LogP contribution >= 0.6 is 23.1 Å². The molecule has 2 nitrogen and oxygen atoms in total. The van der Waals surface area contributed by atoms with Gasteiger partial charge in [-0.1, -0.05) is 25.6 Å². The van der Waals surface area contributed by atoms with Gasteiger partial charge in [-0.15, -0.1) is 0 Å². The second kappa shape index (κ2) is 4.58. The predicted molar refractivity (Wildman–Crippen MR) is 71.1 cm³/mol. The van der Waals surface area contributed by atoms with Crippen molar-refractivity contribution in [3.8, 4) is 0 Å². The molecular formula is C11H16N2S2. The highest BCUT2D eigenvalue weighted by Crippen LogP contribution is 2.33. The summed E-state index contributed by atoms with van der Waals surface area (Å²) in [5.41, 5.74) is 1.34. The maximum Gasteiger partial charge on any atom is 0.161 e. The van der Waals surface area contributed by atoms with Crippen LogP contribution in [0.15, 0.2) is 21.8 Å². The molecule has 82 valence electrons. The average molecular weight is 240 g/mol. The summed E-state index contributed by atoms with van der Waals surface area (Å²) >= 11 is 3.55.